The quantitative estimate of drug-likeness (QED) is 0.754. The summed E-state index contributed by atoms with van der Waals surface area (Å²) in [6, 6.07) is 0.806. The van der Waals surface area contributed by atoms with Crippen LogP contribution in [0, 0.1) is 11.8 Å². The fourth-order valence-electron chi connectivity index (χ4n) is 2.76. The van der Waals surface area contributed by atoms with Crippen LogP contribution in [0.2, 0.25) is 0 Å². The highest BCUT2D eigenvalue weighted by Gasteiger charge is 2.22. The molecule has 0 spiro atoms. The van der Waals surface area contributed by atoms with E-state index in [1.54, 1.807) is 0 Å². The molecule has 0 amide bonds. The Morgan fingerprint density at radius 1 is 1.25 bits per heavy atom. The third-order valence-corrected chi connectivity index (χ3v) is 4.05. The molecule has 2 heteroatoms. The minimum atomic E-state index is 0.806. The van der Waals surface area contributed by atoms with Gasteiger partial charge in [-0.15, -0.1) is 0 Å². The summed E-state index contributed by atoms with van der Waals surface area (Å²) in [6.07, 6.45) is 6.68. The van der Waals surface area contributed by atoms with Gasteiger partial charge in [-0.1, -0.05) is 13.8 Å². The Bertz CT molecular complexity index is 182. The first-order valence-electron chi connectivity index (χ1n) is 7.07. The summed E-state index contributed by atoms with van der Waals surface area (Å²) in [7, 11) is 0. The van der Waals surface area contributed by atoms with Crippen LogP contribution in [0.25, 0.3) is 0 Å². The van der Waals surface area contributed by atoms with Gasteiger partial charge in [-0.2, -0.15) is 0 Å². The number of piperidine rings is 1. The number of nitrogens with two attached hydrogens (primary N) is 1. The second-order valence-corrected chi connectivity index (χ2v) is 5.85. The molecule has 0 saturated carbocycles. The normalized spacial score (nSPS) is 29.2. The molecule has 0 aromatic carbocycles. The van der Waals surface area contributed by atoms with Crippen molar-refractivity contribution in [3.05, 3.63) is 0 Å². The molecule has 2 N–H and O–H groups in total. The Morgan fingerprint density at radius 2 is 2.00 bits per heavy atom. The van der Waals surface area contributed by atoms with Crippen molar-refractivity contribution in [2.45, 2.75) is 58.9 Å². The molecule has 0 aromatic heterocycles. The monoisotopic (exact) mass is 226 g/mol. The van der Waals surface area contributed by atoms with Gasteiger partial charge in [0.2, 0.25) is 0 Å². The summed E-state index contributed by atoms with van der Waals surface area (Å²) in [5.74, 6) is 1.71. The lowest BCUT2D eigenvalue weighted by atomic mass is 9.94. The third-order valence-electron chi connectivity index (χ3n) is 4.05. The van der Waals surface area contributed by atoms with Gasteiger partial charge in [-0.3, -0.25) is 0 Å². The van der Waals surface area contributed by atoms with Crippen LogP contribution in [0.15, 0.2) is 0 Å². The summed E-state index contributed by atoms with van der Waals surface area (Å²) in [6.45, 7) is 10.5. The van der Waals surface area contributed by atoms with E-state index in [1.807, 2.05) is 0 Å². The molecule has 96 valence electrons. The van der Waals surface area contributed by atoms with E-state index in [0.717, 1.165) is 24.4 Å². The van der Waals surface area contributed by atoms with Crippen LogP contribution < -0.4 is 5.73 Å². The molecule has 3 atom stereocenters. The fourth-order valence-corrected chi connectivity index (χ4v) is 2.76. The second-order valence-electron chi connectivity index (χ2n) is 5.85. The van der Waals surface area contributed by atoms with Crippen molar-refractivity contribution in [1.82, 2.24) is 4.90 Å². The van der Waals surface area contributed by atoms with E-state index in [1.165, 1.54) is 45.2 Å². The lowest BCUT2D eigenvalue weighted by Gasteiger charge is -2.37. The number of hydrogen-bond donors (Lipinski definition) is 1. The maximum atomic E-state index is 5.57. The maximum absolute atomic E-state index is 5.57. The molecule has 1 heterocycles. The average Bonchev–Trinajstić information content (AvgIpc) is 2.23. The lowest BCUT2D eigenvalue weighted by Crippen LogP contribution is -2.41. The molecule has 0 radical (unpaired) electrons. The van der Waals surface area contributed by atoms with Gasteiger partial charge in [0.15, 0.2) is 0 Å². The van der Waals surface area contributed by atoms with Crippen LogP contribution in [0.3, 0.4) is 0 Å². The van der Waals surface area contributed by atoms with Crippen molar-refractivity contribution < 1.29 is 0 Å². The molecule has 0 aliphatic carbocycles. The predicted octanol–water partition coefficient (Wildman–Crippen LogP) is 2.87. The Morgan fingerprint density at radius 3 is 2.69 bits per heavy atom. The van der Waals surface area contributed by atoms with Crippen molar-refractivity contribution in [2.24, 2.45) is 17.6 Å². The van der Waals surface area contributed by atoms with Crippen molar-refractivity contribution in [3.8, 4) is 0 Å². The van der Waals surface area contributed by atoms with Gasteiger partial charge in [0.1, 0.15) is 0 Å². The minimum Gasteiger partial charge on any atom is -0.330 e. The molecule has 1 aliphatic heterocycles. The number of nitrogens with zero attached hydrogens (tertiary/aromatic N) is 1. The second kappa shape index (κ2) is 7.29. The van der Waals surface area contributed by atoms with Crippen LogP contribution >= 0.6 is 0 Å². The molecular formula is C14H30N2. The zero-order valence-corrected chi connectivity index (χ0v) is 11.4. The first kappa shape index (κ1) is 14.0. The van der Waals surface area contributed by atoms with E-state index < -0.39 is 0 Å². The number of likely N-dealkylation sites (tertiary alicyclic amines) is 1. The van der Waals surface area contributed by atoms with E-state index in [9.17, 15) is 0 Å². The predicted molar refractivity (Wildman–Crippen MR) is 71.5 cm³/mol. The van der Waals surface area contributed by atoms with E-state index >= 15 is 0 Å². The maximum Gasteiger partial charge on any atom is 0.00671 e. The standard InChI is InChI=1S/C14H30N2/c1-12(8-9-15)5-4-10-16-11-13(2)6-7-14(16)3/h12-14H,4-11,15H2,1-3H3. The van der Waals surface area contributed by atoms with Gasteiger partial charge in [0, 0.05) is 12.6 Å². The van der Waals surface area contributed by atoms with Crippen molar-refractivity contribution in [2.75, 3.05) is 19.6 Å². The Labute approximate surface area is 102 Å². The topological polar surface area (TPSA) is 29.3 Å². The van der Waals surface area contributed by atoms with Crippen molar-refractivity contribution >= 4 is 0 Å². The van der Waals surface area contributed by atoms with Crippen molar-refractivity contribution in [1.29, 1.82) is 0 Å². The highest BCUT2D eigenvalue weighted by Crippen LogP contribution is 2.22. The third kappa shape index (κ3) is 4.84. The van der Waals surface area contributed by atoms with Gasteiger partial charge >= 0.3 is 0 Å². The van der Waals surface area contributed by atoms with Crippen LogP contribution in [0.5, 0.6) is 0 Å². The Hall–Kier alpha value is -0.0800. The molecule has 1 aliphatic rings. The molecule has 1 rings (SSSR count). The molecule has 16 heavy (non-hydrogen) atoms. The van der Waals surface area contributed by atoms with E-state index in [-0.39, 0.29) is 0 Å². The smallest absolute Gasteiger partial charge is 0.00671 e. The first-order valence-corrected chi connectivity index (χ1v) is 7.07. The van der Waals surface area contributed by atoms with Gasteiger partial charge in [-0.25, -0.2) is 0 Å². The van der Waals surface area contributed by atoms with Gasteiger partial charge < -0.3 is 10.6 Å². The molecule has 1 fully saturated rings. The molecule has 2 nitrogen and oxygen atoms in total. The van der Waals surface area contributed by atoms with Crippen LogP contribution in [-0.4, -0.2) is 30.6 Å². The highest BCUT2D eigenvalue weighted by molar-refractivity contribution is 4.76. The molecule has 1 saturated heterocycles. The largest absolute Gasteiger partial charge is 0.330 e. The summed E-state index contributed by atoms with van der Waals surface area (Å²) < 4.78 is 0. The zero-order valence-electron chi connectivity index (χ0n) is 11.4. The van der Waals surface area contributed by atoms with Gasteiger partial charge in [0.05, 0.1) is 0 Å². The molecular weight excluding hydrogens is 196 g/mol. The minimum absolute atomic E-state index is 0.806. The summed E-state index contributed by atoms with van der Waals surface area (Å²) in [5, 5.41) is 0. The van der Waals surface area contributed by atoms with E-state index in [0.29, 0.717) is 0 Å². The SMILES string of the molecule is CC(CCN)CCCN1CC(C)CCC1C. The summed E-state index contributed by atoms with van der Waals surface area (Å²) in [4.78, 5) is 2.68. The van der Waals surface area contributed by atoms with Gasteiger partial charge in [0.25, 0.3) is 0 Å². The summed E-state index contributed by atoms with van der Waals surface area (Å²) in [5.41, 5.74) is 5.57. The molecule has 0 bridgehead atoms. The average molecular weight is 226 g/mol. The molecule has 0 aromatic rings. The lowest BCUT2D eigenvalue weighted by molar-refractivity contribution is 0.121. The van der Waals surface area contributed by atoms with Crippen LogP contribution in [-0.2, 0) is 0 Å². The number of hydrogen-bond acceptors (Lipinski definition) is 2. The van der Waals surface area contributed by atoms with E-state index in [2.05, 4.69) is 25.7 Å². The number of rotatable bonds is 6. The van der Waals surface area contributed by atoms with Gasteiger partial charge in [-0.05, 0) is 64.0 Å². The van der Waals surface area contributed by atoms with Crippen LogP contribution in [0.4, 0.5) is 0 Å². The van der Waals surface area contributed by atoms with E-state index in [4.69, 9.17) is 5.73 Å². The zero-order chi connectivity index (χ0) is 12.0. The highest BCUT2D eigenvalue weighted by atomic mass is 15.2. The molecule has 3 unspecified atom stereocenters. The summed E-state index contributed by atoms with van der Waals surface area (Å²) >= 11 is 0. The fraction of sp³-hybridized carbons (Fsp3) is 1.00. The Kier molecular flexibility index (Phi) is 6.37. The first-order chi connectivity index (χ1) is 7.63. The van der Waals surface area contributed by atoms with Crippen molar-refractivity contribution in [3.63, 3.8) is 0 Å². The van der Waals surface area contributed by atoms with Crippen LogP contribution in [0.1, 0.15) is 52.9 Å². The Balaban J connectivity index is 2.15.